The van der Waals surface area contributed by atoms with Gasteiger partial charge in [0.2, 0.25) is 0 Å². The molecular weight excluding hydrogens is 380 g/mol. The summed E-state index contributed by atoms with van der Waals surface area (Å²) in [6, 6.07) is 18.4. The number of phenols is 1. The van der Waals surface area contributed by atoms with Crippen molar-refractivity contribution in [2.24, 2.45) is 5.73 Å². The summed E-state index contributed by atoms with van der Waals surface area (Å²) in [5.41, 5.74) is 9.41. The van der Waals surface area contributed by atoms with Crippen LogP contribution in [0.15, 0.2) is 66.7 Å². The van der Waals surface area contributed by atoms with Crippen molar-refractivity contribution in [3.63, 3.8) is 0 Å². The number of hydrogen-bond acceptors (Lipinski definition) is 5. The molecule has 0 spiro atoms. The number of carbonyl (C=O) groups excluding carboxylic acids is 2. The Morgan fingerprint density at radius 2 is 1.60 bits per heavy atom. The first-order valence-corrected chi connectivity index (χ1v) is 9.39. The van der Waals surface area contributed by atoms with E-state index in [1.165, 1.54) is 24.3 Å². The third kappa shape index (κ3) is 4.95. The van der Waals surface area contributed by atoms with Gasteiger partial charge in [0.05, 0.1) is 0 Å². The fraction of sp³-hybridized carbons (Fsp3) is 0.130. The normalized spacial score (nSPS) is 10.4. The molecule has 3 rings (SSSR count). The van der Waals surface area contributed by atoms with E-state index in [1.807, 2.05) is 31.1 Å². The van der Waals surface area contributed by atoms with Gasteiger partial charge in [0.25, 0.3) is 11.8 Å². The van der Waals surface area contributed by atoms with Crippen molar-refractivity contribution in [2.75, 3.05) is 29.6 Å². The number of nitrogens with two attached hydrogens (primary N) is 1. The highest BCUT2D eigenvalue weighted by Crippen LogP contribution is 2.23. The van der Waals surface area contributed by atoms with Gasteiger partial charge in [-0.2, -0.15) is 0 Å². The lowest BCUT2D eigenvalue weighted by Gasteiger charge is -2.15. The van der Waals surface area contributed by atoms with E-state index in [0.29, 0.717) is 22.5 Å². The minimum Gasteiger partial charge on any atom is -0.508 e. The maximum absolute atomic E-state index is 12.7. The van der Waals surface area contributed by atoms with Crippen LogP contribution in [-0.4, -0.2) is 31.0 Å². The number of phenolic OH excluding ortho intramolecular Hbond substituents is 1. The molecule has 154 valence electrons. The SMILES string of the molecule is CN(C)c1cccc(C(=O)Nc2ccc(CN)c(NC(=O)c3ccc(O)cc3)c2)c1. The molecule has 0 heterocycles. The van der Waals surface area contributed by atoms with Crippen LogP contribution in [0.2, 0.25) is 0 Å². The fourth-order valence-electron chi connectivity index (χ4n) is 2.88. The predicted molar refractivity (Wildman–Crippen MR) is 119 cm³/mol. The van der Waals surface area contributed by atoms with E-state index in [4.69, 9.17) is 5.73 Å². The maximum Gasteiger partial charge on any atom is 0.255 e. The molecule has 0 unspecified atom stereocenters. The molecule has 0 fully saturated rings. The van der Waals surface area contributed by atoms with Gasteiger partial charge in [0.1, 0.15) is 5.75 Å². The van der Waals surface area contributed by atoms with E-state index >= 15 is 0 Å². The Kier molecular flexibility index (Phi) is 6.34. The first-order valence-electron chi connectivity index (χ1n) is 9.39. The van der Waals surface area contributed by atoms with Gasteiger partial charge in [0, 0.05) is 48.8 Å². The second-order valence-electron chi connectivity index (χ2n) is 6.98. The summed E-state index contributed by atoms with van der Waals surface area (Å²) in [4.78, 5) is 27.1. The molecule has 0 aliphatic carbocycles. The summed E-state index contributed by atoms with van der Waals surface area (Å²) in [7, 11) is 3.82. The van der Waals surface area contributed by atoms with Crippen LogP contribution < -0.4 is 21.3 Å². The van der Waals surface area contributed by atoms with Crippen molar-refractivity contribution in [1.82, 2.24) is 0 Å². The Hall–Kier alpha value is -3.84. The summed E-state index contributed by atoms with van der Waals surface area (Å²) in [6.07, 6.45) is 0. The second kappa shape index (κ2) is 9.11. The Morgan fingerprint density at radius 1 is 0.900 bits per heavy atom. The Balaban J connectivity index is 1.80. The fourth-order valence-corrected chi connectivity index (χ4v) is 2.88. The van der Waals surface area contributed by atoms with E-state index in [0.717, 1.165) is 11.3 Å². The predicted octanol–water partition coefficient (Wildman–Crippen LogP) is 3.42. The zero-order valence-electron chi connectivity index (χ0n) is 16.8. The highest BCUT2D eigenvalue weighted by atomic mass is 16.3. The summed E-state index contributed by atoms with van der Waals surface area (Å²) in [5, 5.41) is 15.1. The van der Waals surface area contributed by atoms with E-state index in [1.54, 1.807) is 30.3 Å². The number of nitrogens with zero attached hydrogens (tertiary/aromatic N) is 1. The third-order valence-corrected chi connectivity index (χ3v) is 4.59. The monoisotopic (exact) mass is 404 g/mol. The van der Waals surface area contributed by atoms with E-state index in [9.17, 15) is 14.7 Å². The first kappa shape index (κ1) is 20.9. The van der Waals surface area contributed by atoms with Gasteiger partial charge in [-0.3, -0.25) is 9.59 Å². The van der Waals surface area contributed by atoms with Crippen LogP contribution in [0.1, 0.15) is 26.3 Å². The number of benzene rings is 3. The number of carbonyl (C=O) groups is 2. The maximum atomic E-state index is 12.7. The molecule has 0 saturated carbocycles. The molecule has 2 amide bonds. The van der Waals surface area contributed by atoms with Crippen LogP contribution in [0.3, 0.4) is 0 Å². The number of anilines is 3. The van der Waals surface area contributed by atoms with Crippen LogP contribution in [-0.2, 0) is 6.54 Å². The third-order valence-electron chi connectivity index (χ3n) is 4.59. The van der Waals surface area contributed by atoms with Gasteiger partial charge < -0.3 is 26.4 Å². The quantitative estimate of drug-likeness (QED) is 0.504. The summed E-state index contributed by atoms with van der Waals surface area (Å²) < 4.78 is 0. The summed E-state index contributed by atoms with van der Waals surface area (Å²) in [6.45, 7) is 0.226. The lowest BCUT2D eigenvalue weighted by molar-refractivity contribution is 0.101. The van der Waals surface area contributed by atoms with Crippen LogP contribution in [0.4, 0.5) is 17.1 Å². The molecular formula is C23H24N4O3. The highest BCUT2D eigenvalue weighted by Gasteiger charge is 2.12. The van der Waals surface area contributed by atoms with Gasteiger partial charge in [-0.25, -0.2) is 0 Å². The molecule has 0 aliphatic heterocycles. The van der Waals surface area contributed by atoms with E-state index in [-0.39, 0.29) is 24.1 Å². The van der Waals surface area contributed by atoms with Crippen molar-refractivity contribution < 1.29 is 14.7 Å². The van der Waals surface area contributed by atoms with Crippen molar-refractivity contribution in [3.05, 3.63) is 83.4 Å². The molecule has 30 heavy (non-hydrogen) atoms. The molecule has 7 heteroatoms. The molecule has 5 N–H and O–H groups in total. The van der Waals surface area contributed by atoms with Crippen molar-refractivity contribution in [3.8, 4) is 5.75 Å². The van der Waals surface area contributed by atoms with Gasteiger partial charge >= 0.3 is 0 Å². The molecule has 0 saturated heterocycles. The van der Waals surface area contributed by atoms with Gasteiger partial charge in [0.15, 0.2) is 0 Å². The Labute approximate surface area is 175 Å². The minimum atomic E-state index is -0.341. The lowest BCUT2D eigenvalue weighted by atomic mass is 10.1. The number of hydrogen-bond donors (Lipinski definition) is 4. The molecule has 7 nitrogen and oxygen atoms in total. The zero-order valence-corrected chi connectivity index (χ0v) is 16.8. The number of aromatic hydroxyl groups is 1. The molecule has 0 bridgehead atoms. The molecule has 0 atom stereocenters. The lowest BCUT2D eigenvalue weighted by Crippen LogP contribution is -2.16. The molecule has 3 aromatic carbocycles. The van der Waals surface area contributed by atoms with Crippen LogP contribution >= 0.6 is 0 Å². The van der Waals surface area contributed by atoms with Crippen molar-refractivity contribution in [2.45, 2.75) is 6.54 Å². The highest BCUT2D eigenvalue weighted by molar-refractivity contribution is 6.07. The van der Waals surface area contributed by atoms with Crippen LogP contribution in [0, 0.1) is 0 Å². The molecule has 3 aromatic rings. The minimum absolute atomic E-state index is 0.0808. The standard InChI is InChI=1S/C23H24N4O3/c1-27(2)19-5-3-4-16(12-19)23(30)25-18-9-6-17(14-24)21(13-18)26-22(29)15-7-10-20(28)11-8-15/h3-13,28H,14,24H2,1-2H3,(H,25,30)(H,26,29). The Bertz CT molecular complexity index is 1060. The second-order valence-corrected chi connectivity index (χ2v) is 6.98. The van der Waals surface area contributed by atoms with Crippen molar-refractivity contribution in [1.29, 1.82) is 0 Å². The van der Waals surface area contributed by atoms with Gasteiger partial charge in [-0.1, -0.05) is 12.1 Å². The zero-order chi connectivity index (χ0) is 21.7. The van der Waals surface area contributed by atoms with E-state index < -0.39 is 0 Å². The molecule has 0 aromatic heterocycles. The average molecular weight is 404 g/mol. The number of nitrogens with one attached hydrogen (secondary N) is 2. The molecule has 0 radical (unpaired) electrons. The molecule has 0 aliphatic rings. The topological polar surface area (TPSA) is 108 Å². The van der Waals surface area contributed by atoms with Crippen LogP contribution in [0.25, 0.3) is 0 Å². The number of amides is 2. The van der Waals surface area contributed by atoms with Crippen LogP contribution in [0.5, 0.6) is 5.75 Å². The smallest absolute Gasteiger partial charge is 0.255 e. The number of rotatable bonds is 6. The van der Waals surface area contributed by atoms with Gasteiger partial charge in [-0.05, 0) is 60.2 Å². The average Bonchev–Trinajstić information content (AvgIpc) is 2.74. The largest absolute Gasteiger partial charge is 0.508 e. The first-order chi connectivity index (χ1) is 14.4. The summed E-state index contributed by atoms with van der Waals surface area (Å²) >= 11 is 0. The Morgan fingerprint density at radius 3 is 2.27 bits per heavy atom. The summed E-state index contributed by atoms with van der Waals surface area (Å²) in [5.74, 6) is -0.515. The van der Waals surface area contributed by atoms with Gasteiger partial charge in [-0.15, -0.1) is 0 Å². The van der Waals surface area contributed by atoms with E-state index in [2.05, 4.69) is 10.6 Å². The van der Waals surface area contributed by atoms with Crippen molar-refractivity contribution >= 4 is 28.9 Å².